The van der Waals surface area contributed by atoms with Crippen molar-refractivity contribution in [3.63, 3.8) is 0 Å². The molecule has 0 radical (unpaired) electrons. The average molecular weight is 421 g/mol. The number of alkyl halides is 3. The number of nitrogens with zero attached hydrogens (tertiary/aromatic N) is 1. The van der Waals surface area contributed by atoms with Gasteiger partial charge in [-0.25, -0.2) is 8.42 Å². The maximum atomic E-state index is 12.6. The molecule has 0 aliphatic heterocycles. The quantitative estimate of drug-likeness (QED) is 0.790. The van der Waals surface area contributed by atoms with E-state index in [1.165, 1.54) is 31.2 Å². The molecule has 1 N–H and O–H groups in total. The van der Waals surface area contributed by atoms with Crippen molar-refractivity contribution in [2.24, 2.45) is 0 Å². The Bertz CT molecular complexity index is 914. The summed E-state index contributed by atoms with van der Waals surface area (Å²) < 4.78 is 63.0. The molecule has 10 heteroatoms. The molecule has 0 bridgehead atoms. The summed E-state index contributed by atoms with van der Waals surface area (Å²) in [5.74, 6) is -0.699. The summed E-state index contributed by atoms with van der Waals surface area (Å²) in [6.45, 7) is 1.37. The van der Waals surface area contributed by atoms with Crippen LogP contribution in [-0.4, -0.2) is 26.6 Å². The van der Waals surface area contributed by atoms with Gasteiger partial charge in [-0.2, -0.15) is 13.2 Å². The Morgan fingerprint density at radius 3 is 2.04 bits per heavy atom. The molecule has 0 aliphatic carbocycles. The molecule has 146 valence electrons. The van der Waals surface area contributed by atoms with Gasteiger partial charge in [0, 0.05) is 10.7 Å². The highest BCUT2D eigenvalue weighted by atomic mass is 35.5. The molecule has 2 rings (SSSR count). The molecule has 1 atom stereocenters. The van der Waals surface area contributed by atoms with Crippen molar-refractivity contribution >= 4 is 38.9 Å². The van der Waals surface area contributed by atoms with Crippen molar-refractivity contribution in [3.05, 3.63) is 59.1 Å². The van der Waals surface area contributed by atoms with E-state index in [1.54, 1.807) is 0 Å². The van der Waals surface area contributed by atoms with E-state index < -0.39 is 33.7 Å². The van der Waals surface area contributed by atoms with E-state index in [0.717, 1.165) is 34.8 Å². The molecule has 0 heterocycles. The van der Waals surface area contributed by atoms with Crippen molar-refractivity contribution in [1.82, 2.24) is 0 Å². The fourth-order valence-corrected chi connectivity index (χ4v) is 3.69. The fraction of sp³-hybridized carbons (Fsp3) is 0.235. The third-order valence-corrected chi connectivity index (χ3v) is 5.14. The van der Waals surface area contributed by atoms with Crippen LogP contribution in [0.25, 0.3) is 0 Å². The largest absolute Gasteiger partial charge is 0.416 e. The lowest BCUT2D eigenvalue weighted by molar-refractivity contribution is -0.137. The lowest BCUT2D eigenvalue weighted by atomic mass is 10.2. The molecule has 2 aromatic carbocycles. The van der Waals surface area contributed by atoms with E-state index in [4.69, 9.17) is 11.6 Å². The van der Waals surface area contributed by atoms with Gasteiger partial charge in [0.05, 0.1) is 17.5 Å². The lowest BCUT2D eigenvalue weighted by Crippen LogP contribution is -2.45. The first-order valence-corrected chi connectivity index (χ1v) is 9.85. The summed E-state index contributed by atoms with van der Waals surface area (Å²) in [6.07, 6.45) is -3.54. The highest BCUT2D eigenvalue weighted by Crippen LogP contribution is 2.30. The van der Waals surface area contributed by atoms with Gasteiger partial charge in [0.1, 0.15) is 6.04 Å². The molecule has 0 unspecified atom stereocenters. The highest BCUT2D eigenvalue weighted by molar-refractivity contribution is 7.92. The number of halogens is 4. The zero-order valence-corrected chi connectivity index (χ0v) is 15.9. The van der Waals surface area contributed by atoms with Gasteiger partial charge >= 0.3 is 6.18 Å². The normalized spacial score (nSPS) is 13.1. The van der Waals surface area contributed by atoms with Gasteiger partial charge in [-0.1, -0.05) is 11.6 Å². The number of hydrogen-bond donors (Lipinski definition) is 1. The van der Waals surface area contributed by atoms with Crippen LogP contribution in [0.4, 0.5) is 24.5 Å². The number of rotatable bonds is 5. The molecule has 1 amide bonds. The van der Waals surface area contributed by atoms with Gasteiger partial charge in [-0.05, 0) is 55.5 Å². The van der Waals surface area contributed by atoms with Gasteiger partial charge in [-0.3, -0.25) is 9.10 Å². The van der Waals surface area contributed by atoms with Crippen molar-refractivity contribution in [1.29, 1.82) is 0 Å². The Kier molecular flexibility index (Phi) is 6.06. The number of carbonyl (C=O) groups is 1. The first-order chi connectivity index (χ1) is 12.4. The van der Waals surface area contributed by atoms with E-state index in [-0.39, 0.29) is 11.4 Å². The Hall–Kier alpha value is -2.26. The third-order valence-electron chi connectivity index (χ3n) is 3.65. The standard InChI is InChI=1S/C17H16ClF3N2O3S/c1-11(23(27(2,25)26)15-9-5-13(18)6-10-15)16(24)22-14-7-3-12(4-8-14)17(19,20)21/h3-11H,1-2H3,(H,22,24)/t11-/m1/s1. The predicted octanol–water partition coefficient (Wildman–Crippen LogP) is 4.15. The van der Waals surface area contributed by atoms with Gasteiger partial charge in [-0.15, -0.1) is 0 Å². The molecule has 0 aromatic heterocycles. The molecule has 27 heavy (non-hydrogen) atoms. The van der Waals surface area contributed by atoms with Crippen molar-refractivity contribution in [2.45, 2.75) is 19.1 Å². The minimum absolute atomic E-state index is 0.115. The Labute approximate surface area is 159 Å². The zero-order valence-electron chi connectivity index (χ0n) is 14.3. The summed E-state index contributed by atoms with van der Waals surface area (Å²) in [7, 11) is -3.81. The second kappa shape index (κ2) is 7.77. The Balaban J connectivity index is 2.23. The van der Waals surface area contributed by atoms with E-state index in [0.29, 0.717) is 5.02 Å². The molecule has 0 saturated carbocycles. The number of anilines is 2. The van der Waals surface area contributed by atoms with E-state index in [1.807, 2.05) is 0 Å². The SMILES string of the molecule is C[C@H](C(=O)Nc1ccc(C(F)(F)F)cc1)N(c1ccc(Cl)cc1)S(C)(=O)=O. The van der Waals surface area contributed by atoms with Crippen LogP contribution >= 0.6 is 11.6 Å². The molecular weight excluding hydrogens is 405 g/mol. The molecule has 0 aliphatic rings. The smallest absolute Gasteiger partial charge is 0.324 e. The topological polar surface area (TPSA) is 66.5 Å². The molecule has 0 fully saturated rings. The van der Waals surface area contributed by atoms with Crippen molar-refractivity contribution in [3.8, 4) is 0 Å². The Morgan fingerprint density at radius 2 is 1.59 bits per heavy atom. The molecule has 0 saturated heterocycles. The number of amides is 1. The number of nitrogens with one attached hydrogen (secondary N) is 1. The molecule has 5 nitrogen and oxygen atoms in total. The second-order valence-electron chi connectivity index (χ2n) is 5.78. The van der Waals surface area contributed by atoms with Crippen LogP contribution in [0.2, 0.25) is 5.02 Å². The summed E-state index contributed by atoms with van der Waals surface area (Å²) in [4.78, 5) is 12.5. The first-order valence-electron chi connectivity index (χ1n) is 7.62. The second-order valence-corrected chi connectivity index (χ2v) is 8.07. The van der Waals surface area contributed by atoms with E-state index in [2.05, 4.69) is 5.32 Å². The Morgan fingerprint density at radius 1 is 1.07 bits per heavy atom. The van der Waals surface area contributed by atoms with Crippen LogP contribution in [0.15, 0.2) is 48.5 Å². The van der Waals surface area contributed by atoms with Gasteiger partial charge < -0.3 is 5.32 Å². The summed E-state index contributed by atoms with van der Waals surface area (Å²) >= 11 is 5.80. The fourth-order valence-electron chi connectivity index (χ4n) is 2.39. The van der Waals surface area contributed by atoms with Crippen LogP contribution in [-0.2, 0) is 21.0 Å². The van der Waals surface area contributed by atoms with Crippen molar-refractivity contribution < 1.29 is 26.4 Å². The minimum Gasteiger partial charge on any atom is -0.324 e. The number of benzene rings is 2. The van der Waals surface area contributed by atoms with Crippen LogP contribution in [0.1, 0.15) is 12.5 Å². The van der Waals surface area contributed by atoms with Gasteiger partial charge in [0.15, 0.2) is 0 Å². The van der Waals surface area contributed by atoms with Crippen molar-refractivity contribution in [2.75, 3.05) is 15.9 Å². The maximum Gasteiger partial charge on any atom is 0.416 e. The van der Waals surface area contributed by atoms with Crippen LogP contribution < -0.4 is 9.62 Å². The molecular formula is C17H16ClF3N2O3S. The third kappa shape index (κ3) is 5.36. The highest BCUT2D eigenvalue weighted by Gasteiger charge is 2.31. The summed E-state index contributed by atoms with van der Waals surface area (Å²) in [5, 5.41) is 2.81. The zero-order chi connectivity index (χ0) is 20.4. The molecule has 0 spiro atoms. The van der Waals surface area contributed by atoms with Gasteiger partial charge in [0.25, 0.3) is 0 Å². The summed E-state index contributed by atoms with van der Waals surface area (Å²) in [5.41, 5.74) is -0.506. The maximum absolute atomic E-state index is 12.6. The molecule has 2 aromatic rings. The average Bonchev–Trinajstić information content (AvgIpc) is 2.55. The van der Waals surface area contributed by atoms with E-state index >= 15 is 0 Å². The number of sulfonamides is 1. The van der Waals surface area contributed by atoms with Crippen LogP contribution in [0.5, 0.6) is 0 Å². The number of hydrogen-bond acceptors (Lipinski definition) is 3. The van der Waals surface area contributed by atoms with E-state index in [9.17, 15) is 26.4 Å². The van der Waals surface area contributed by atoms with Crippen LogP contribution in [0.3, 0.4) is 0 Å². The lowest BCUT2D eigenvalue weighted by Gasteiger charge is -2.28. The monoisotopic (exact) mass is 420 g/mol. The van der Waals surface area contributed by atoms with Gasteiger partial charge in [0.2, 0.25) is 15.9 Å². The first kappa shape index (κ1) is 21.0. The number of carbonyl (C=O) groups excluding carboxylic acids is 1. The predicted molar refractivity (Wildman–Crippen MR) is 98.3 cm³/mol. The minimum atomic E-state index is -4.49. The van der Waals surface area contributed by atoms with Crippen LogP contribution in [0, 0.1) is 0 Å². The summed E-state index contributed by atoms with van der Waals surface area (Å²) in [6, 6.07) is 8.56.